The van der Waals surface area contributed by atoms with Crippen molar-refractivity contribution in [3.05, 3.63) is 23.8 Å². The topological polar surface area (TPSA) is 134 Å². The Hall–Kier alpha value is -1.20. The summed E-state index contributed by atoms with van der Waals surface area (Å²) in [5.74, 6) is 0. The van der Waals surface area contributed by atoms with Crippen molar-refractivity contribution >= 4 is 0 Å². The second-order valence-corrected chi connectivity index (χ2v) is 8.28. The first kappa shape index (κ1) is 29.8. The van der Waals surface area contributed by atoms with E-state index in [2.05, 4.69) is 16.9 Å². The van der Waals surface area contributed by atoms with Gasteiger partial charge in [0.25, 0.3) is 0 Å². The number of ether oxygens (including phenoxy) is 3. The van der Waals surface area contributed by atoms with Gasteiger partial charge in [0.1, 0.15) is 24.4 Å². The summed E-state index contributed by atoms with van der Waals surface area (Å²) in [7, 11) is 0. The highest BCUT2D eigenvalue weighted by molar-refractivity contribution is 5.08. The van der Waals surface area contributed by atoms with E-state index in [1.807, 2.05) is 13.8 Å². The summed E-state index contributed by atoms with van der Waals surface area (Å²) < 4.78 is 16.8. The molecule has 5 atom stereocenters. The van der Waals surface area contributed by atoms with Gasteiger partial charge in [-0.2, -0.15) is 0 Å². The number of unbranched alkanes of at least 4 members (excludes halogenated alkanes) is 3. The Kier molecular flexibility index (Phi) is 16.4. The zero-order valence-corrected chi connectivity index (χ0v) is 20.4. The Balaban J connectivity index is 2.75. The Morgan fingerprint density at radius 3 is 2.03 bits per heavy atom. The van der Waals surface area contributed by atoms with Gasteiger partial charge in [-0.15, -0.1) is 0 Å². The molecule has 0 aliphatic rings. The van der Waals surface area contributed by atoms with E-state index in [1.165, 1.54) is 12.4 Å². The molecule has 0 aliphatic carbocycles. The van der Waals surface area contributed by atoms with Gasteiger partial charge in [-0.3, -0.25) is 9.97 Å². The van der Waals surface area contributed by atoms with E-state index in [-0.39, 0.29) is 25.3 Å². The second kappa shape index (κ2) is 18.2. The van der Waals surface area contributed by atoms with Crippen molar-refractivity contribution in [2.45, 2.75) is 96.2 Å². The second-order valence-electron chi connectivity index (χ2n) is 8.28. The molecule has 33 heavy (non-hydrogen) atoms. The number of rotatable bonds is 20. The van der Waals surface area contributed by atoms with Crippen LogP contribution in [0.4, 0.5) is 0 Å². The van der Waals surface area contributed by atoms with Gasteiger partial charge in [-0.05, 0) is 19.3 Å². The van der Waals surface area contributed by atoms with Crippen LogP contribution in [-0.4, -0.2) is 87.8 Å². The van der Waals surface area contributed by atoms with Crippen LogP contribution < -0.4 is 0 Å². The van der Waals surface area contributed by atoms with E-state index in [9.17, 15) is 20.4 Å². The molecule has 0 saturated heterocycles. The van der Waals surface area contributed by atoms with Gasteiger partial charge in [0.2, 0.25) is 0 Å². The van der Waals surface area contributed by atoms with Crippen molar-refractivity contribution < 1.29 is 34.6 Å². The average molecular weight is 473 g/mol. The maximum absolute atomic E-state index is 10.8. The van der Waals surface area contributed by atoms with Crippen molar-refractivity contribution in [2.24, 2.45) is 0 Å². The molecule has 0 spiro atoms. The van der Waals surface area contributed by atoms with Gasteiger partial charge in [0.05, 0.1) is 36.9 Å². The van der Waals surface area contributed by atoms with E-state index < -0.39 is 30.5 Å². The van der Waals surface area contributed by atoms with Gasteiger partial charge in [-0.1, -0.05) is 40.0 Å². The highest BCUT2D eigenvalue weighted by Crippen LogP contribution is 2.21. The third-order valence-electron chi connectivity index (χ3n) is 5.31. The molecule has 1 aromatic heterocycles. The largest absolute Gasteiger partial charge is 0.394 e. The molecule has 0 amide bonds. The van der Waals surface area contributed by atoms with Crippen LogP contribution in [0.15, 0.2) is 12.4 Å². The van der Waals surface area contributed by atoms with Crippen molar-refractivity contribution in [2.75, 3.05) is 33.0 Å². The SMILES string of the molecule is CCCCOC[C@H](O)[C@H](OCCCC)C(O)c1cnc(C[C@H](O)[C@@H](CO)OCCCC)cn1. The summed E-state index contributed by atoms with van der Waals surface area (Å²) in [6.45, 7) is 7.33. The fourth-order valence-electron chi connectivity index (χ4n) is 3.12. The van der Waals surface area contributed by atoms with Gasteiger partial charge < -0.3 is 34.6 Å². The van der Waals surface area contributed by atoms with Gasteiger partial charge >= 0.3 is 0 Å². The molecule has 192 valence electrons. The number of aliphatic hydroxyl groups is 4. The third-order valence-corrected chi connectivity index (χ3v) is 5.31. The average Bonchev–Trinajstić information content (AvgIpc) is 2.82. The summed E-state index contributed by atoms with van der Waals surface area (Å²) in [5.41, 5.74) is 0.767. The van der Waals surface area contributed by atoms with Crippen molar-refractivity contribution in [1.29, 1.82) is 0 Å². The summed E-state index contributed by atoms with van der Waals surface area (Å²) in [5, 5.41) is 41.2. The summed E-state index contributed by atoms with van der Waals surface area (Å²) >= 11 is 0. The monoisotopic (exact) mass is 472 g/mol. The molecule has 0 aliphatic heterocycles. The summed E-state index contributed by atoms with van der Waals surface area (Å²) in [4.78, 5) is 8.56. The number of aromatic nitrogens is 2. The molecule has 0 bridgehead atoms. The molecule has 9 nitrogen and oxygen atoms in total. The molecule has 1 aromatic rings. The van der Waals surface area contributed by atoms with Crippen LogP contribution in [0, 0.1) is 0 Å². The number of aliphatic hydroxyl groups excluding tert-OH is 4. The van der Waals surface area contributed by atoms with Crippen molar-refractivity contribution in [1.82, 2.24) is 9.97 Å². The Morgan fingerprint density at radius 1 is 0.818 bits per heavy atom. The Bertz CT molecular complexity index is 591. The first-order valence-corrected chi connectivity index (χ1v) is 12.2. The minimum absolute atomic E-state index is 0.0616. The Labute approximate surface area is 198 Å². The van der Waals surface area contributed by atoms with E-state index in [1.54, 1.807) is 0 Å². The lowest BCUT2D eigenvalue weighted by Crippen LogP contribution is -2.39. The molecule has 1 heterocycles. The number of hydrogen-bond donors (Lipinski definition) is 4. The predicted molar refractivity (Wildman–Crippen MR) is 125 cm³/mol. The quantitative estimate of drug-likeness (QED) is 0.210. The predicted octanol–water partition coefficient (Wildman–Crippen LogP) is 1.95. The molecule has 0 fully saturated rings. The summed E-state index contributed by atoms with van der Waals surface area (Å²) in [6.07, 6.45) is 3.79. The third kappa shape index (κ3) is 11.7. The van der Waals surface area contributed by atoms with Crippen LogP contribution in [-0.2, 0) is 20.6 Å². The maximum Gasteiger partial charge on any atom is 0.126 e. The molecule has 0 aromatic carbocycles. The molecule has 9 heteroatoms. The van der Waals surface area contributed by atoms with Crippen LogP contribution in [0.3, 0.4) is 0 Å². The molecule has 4 N–H and O–H groups in total. The van der Waals surface area contributed by atoms with E-state index >= 15 is 0 Å². The Morgan fingerprint density at radius 2 is 1.45 bits per heavy atom. The standard InChI is InChI=1S/C24H44N2O7/c1-4-7-10-31-17-21(29)24(33-12-9-6-3)23(30)19-15-25-18(14-26-19)13-20(28)22(16-27)32-11-8-5-2/h14-15,20-24,27-30H,4-13,16-17H2,1-3H3/t20-,21-,22+,23?,24-/m0/s1. The first-order chi connectivity index (χ1) is 16.0. The number of nitrogens with zero attached hydrogens (tertiary/aromatic N) is 2. The fraction of sp³-hybridized carbons (Fsp3) is 0.833. The minimum atomic E-state index is -1.18. The number of hydrogen-bond acceptors (Lipinski definition) is 9. The van der Waals surface area contributed by atoms with Crippen LogP contribution in [0.5, 0.6) is 0 Å². The van der Waals surface area contributed by atoms with E-state index in [0.29, 0.717) is 25.5 Å². The highest BCUT2D eigenvalue weighted by Gasteiger charge is 2.30. The van der Waals surface area contributed by atoms with Crippen LogP contribution in [0.25, 0.3) is 0 Å². The van der Waals surface area contributed by atoms with E-state index in [0.717, 1.165) is 38.5 Å². The van der Waals surface area contributed by atoms with Gasteiger partial charge in [0.15, 0.2) is 0 Å². The molecule has 0 saturated carbocycles. The smallest absolute Gasteiger partial charge is 0.126 e. The minimum Gasteiger partial charge on any atom is -0.394 e. The first-order valence-electron chi connectivity index (χ1n) is 12.2. The van der Waals surface area contributed by atoms with Crippen LogP contribution in [0.2, 0.25) is 0 Å². The lowest BCUT2D eigenvalue weighted by molar-refractivity contribution is -0.123. The molecular weight excluding hydrogens is 428 g/mol. The fourth-order valence-corrected chi connectivity index (χ4v) is 3.12. The van der Waals surface area contributed by atoms with Gasteiger partial charge in [0, 0.05) is 32.4 Å². The molecular formula is C24H44N2O7. The molecule has 1 unspecified atom stereocenters. The maximum atomic E-state index is 10.8. The molecule has 1 rings (SSSR count). The highest BCUT2D eigenvalue weighted by atomic mass is 16.5. The summed E-state index contributed by atoms with van der Waals surface area (Å²) in [6, 6.07) is 0. The lowest BCUT2D eigenvalue weighted by atomic mass is 10.0. The van der Waals surface area contributed by atoms with Crippen molar-refractivity contribution in [3.8, 4) is 0 Å². The van der Waals surface area contributed by atoms with Crippen LogP contribution in [0.1, 0.15) is 76.8 Å². The molecule has 0 radical (unpaired) electrons. The van der Waals surface area contributed by atoms with E-state index in [4.69, 9.17) is 14.2 Å². The van der Waals surface area contributed by atoms with Crippen LogP contribution >= 0.6 is 0 Å². The zero-order valence-electron chi connectivity index (χ0n) is 20.4. The normalized spacial score (nSPS) is 16.3. The lowest BCUT2D eigenvalue weighted by Gasteiger charge is -2.27. The zero-order chi connectivity index (χ0) is 24.5. The van der Waals surface area contributed by atoms with Crippen molar-refractivity contribution in [3.63, 3.8) is 0 Å². The van der Waals surface area contributed by atoms with Gasteiger partial charge in [-0.25, -0.2) is 0 Å².